The van der Waals surface area contributed by atoms with Gasteiger partial charge in [0.25, 0.3) is 0 Å². The van der Waals surface area contributed by atoms with Crippen molar-refractivity contribution in [2.45, 2.75) is 58.4 Å². The van der Waals surface area contributed by atoms with Crippen LogP contribution in [0.5, 0.6) is 0 Å². The second-order valence-electron chi connectivity index (χ2n) is 5.83. The van der Waals surface area contributed by atoms with Gasteiger partial charge in [-0.05, 0) is 35.8 Å². The van der Waals surface area contributed by atoms with E-state index < -0.39 is 0 Å². The zero-order valence-corrected chi connectivity index (χ0v) is 11.2. The summed E-state index contributed by atoms with van der Waals surface area (Å²) in [5.74, 6) is 0. The molecule has 0 saturated heterocycles. The Bertz CT molecular complexity index is 346. The molecular formula is C16H25N. The van der Waals surface area contributed by atoms with E-state index in [1.165, 1.54) is 49.7 Å². The Labute approximate surface area is 105 Å². The smallest absolute Gasteiger partial charge is 0.0349 e. The first-order valence-electron chi connectivity index (χ1n) is 7.00. The van der Waals surface area contributed by atoms with Crippen LogP contribution < -0.4 is 5.73 Å². The lowest BCUT2D eigenvalue weighted by molar-refractivity contribution is 0.265. The molecule has 94 valence electrons. The Morgan fingerprint density at radius 3 is 2.29 bits per heavy atom. The Morgan fingerprint density at radius 2 is 1.76 bits per heavy atom. The lowest BCUT2D eigenvalue weighted by Gasteiger charge is -2.31. The van der Waals surface area contributed by atoms with E-state index in [1.807, 2.05) is 0 Å². The fraction of sp³-hybridized carbons (Fsp3) is 0.625. The van der Waals surface area contributed by atoms with E-state index >= 15 is 0 Å². The highest BCUT2D eigenvalue weighted by molar-refractivity contribution is 5.26. The van der Waals surface area contributed by atoms with Crippen molar-refractivity contribution >= 4 is 0 Å². The maximum Gasteiger partial charge on any atom is 0.0349 e. The summed E-state index contributed by atoms with van der Waals surface area (Å²) in [6.07, 6.45) is 7.64. The van der Waals surface area contributed by atoms with Crippen LogP contribution in [0.1, 0.15) is 63.1 Å². The summed E-state index contributed by atoms with van der Waals surface area (Å²) in [4.78, 5) is 0. The summed E-state index contributed by atoms with van der Waals surface area (Å²) in [5.41, 5.74) is 9.53. The molecule has 1 aromatic rings. The van der Waals surface area contributed by atoms with Crippen LogP contribution >= 0.6 is 0 Å². The van der Waals surface area contributed by atoms with Crippen LogP contribution in [0.2, 0.25) is 0 Å². The molecule has 1 atom stereocenters. The van der Waals surface area contributed by atoms with Gasteiger partial charge in [-0.25, -0.2) is 0 Å². The van der Waals surface area contributed by atoms with Gasteiger partial charge >= 0.3 is 0 Å². The predicted octanol–water partition coefficient (Wildman–Crippen LogP) is 4.22. The summed E-state index contributed by atoms with van der Waals surface area (Å²) in [5, 5.41) is 0. The molecule has 2 rings (SSSR count). The van der Waals surface area contributed by atoms with Gasteiger partial charge in [0, 0.05) is 6.04 Å². The molecule has 0 bridgehead atoms. The monoisotopic (exact) mass is 231 g/mol. The van der Waals surface area contributed by atoms with Crippen LogP contribution in [-0.2, 0) is 6.42 Å². The number of rotatable bonds is 4. The second-order valence-corrected chi connectivity index (χ2v) is 5.83. The molecule has 1 aliphatic carbocycles. The van der Waals surface area contributed by atoms with Crippen molar-refractivity contribution in [1.29, 1.82) is 0 Å². The Morgan fingerprint density at radius 1 is 1.18 bits per heavy atom. The summed E-state index contributed by atoms with van der Waals surface area (Å²) in [6.45, 7) is 4.57. The molecule has 1 heteroatoms. The molecule has 0 spiro atoms. The standard InChI is InChI=1S/C16H25N/c1-3-6-13-7-9-14(10-8-13)15(17)16(2)11-4-5-12-16/h7-10,15H,3-6,11-12,17H2,1-2H3. The molecule has 2 N–H and O–H groups in total. The molecule has 0 heterocycles. The molecule has 1 fully saturated rings. The van der Waals surface area contributed by atoms with E-state index in [4.69, 9.17) is 5.73 Å². The third-order valence-corrected chi connectivity index (χ3v) is 4.37. The van der Waals surface area contributed by atoms with Crippen molar-refractivity contribution in [2.75, 3.05) is 0 Å². The van der Waals surface area contributed by atoms with E-state index in [-0.39, 0.29) is 6.04 Å². The minimum Gasteiger partial charge on any atom is -0.323 e. The SMILES string of the molecule is CCCc1ccc(C(N)C2(C)CCCC2)cc1. The van der Waals surface area contributed by atoms with E-state index in [0.29, 0.717) is 5.41 Å². The molecule has 0 amide bonds. The van der Waals surface area contributed by atoms with Gasteiger partial charge in [-0.1, -0.05) is 57.4 Å². The summed E-state index contributed by atoms with van der Waals surface area (Å²) in [7, 11) is 0. The fourth-order valence-corrected chi connectivity index (χ4v) is 3.08. The van der Waals surface area contributed by atoms with Gasteiger partial charge in [0.05, 0.1) is 0 Å². The van der Waals surface area contributed by atoms with Crippen molar-refractivity contribution < 1.29 is 0 Å². The van der Waals surface area contributed by atoms with Crippen LogP contribution in [-0.4, -0.2) is 0 Å². The molecule has 0 aliphatic heterocycles. The van der Waals surface area contributed by atoms with Crippen molar-refractivity contribution in [3.63, 3.8) is 0 Å². The average Bonchev–Trinajstić information content (AvgIpc) is 2.78. The van der Waals surface area contributed by atoms with Gasteiger partial charge in [-0.2, -0.15) is 0 Å². The highest BCUT2D eigenvalue weighted by Gasteiger charge is 2.35. The minimum atomic E-state index is 0.209. The average molecular weight is 231 g/mol. The molecule has 17 heavy (non-hydrogen) atoms. The maximum absolute atomic E-state index is 6.46. The number of hydrogen-bond donors (Lipinski definition) is 1. The number of benzene rings is 1. The molecule has 0 radical (unpaired) electrons. The lowest BCUT2D eigenvalue weighted by Crippen LogP contribution is -2.29. The normalized spacial score (nSPS) is 20.4. The van der Waals surface area contributed by atoms with Gasteiger partial charge in [0.2, 0.25) is 0 Å². The summed E-state index contributed by atoms with van der Waals surface area (Å²) in [6, 6.07) is 9.17. The Kier molecular flexibility index (Phi) is 3.88. The fourth-order valence-electron chi connectivity index (χ4n) is 3.08. The molecule has 1 aliphatic rings. The molecular weight excluding hydrogens is 206 g/mol. The largest absolute Gasteiger partial charge is 0.323 e. The molecule has 1 aromatic carbocycles. The van der Waals surface area contributed by atoms with Gasteiger partial charge < -0.3 is 5.73 Å². The van der Waals surface area contributed by atoms with Crippen LogP contribution in [0.4, 0.5) is 0 Å². The predicted molar refractivity (Wildman–Crippen MR) is 73.9 cm³/mol. The molecule has 1 saturated carbocycles. The first-order valence-corrected chi connectivity index (χ1v) is 7.00. The highest BCUT2D eigenvalue weighted by Crippen LogP contribution is 2.45. The van der Waals surface area contributed by atoms with Crippen LogP contribution in [0.15, 0.2) is 24.3 Å². The topological polar surface area (TPSA) is 26.0 Å². The molecule has 0 aromatic heterocycles. The van der Waals surface area contributed by atoms with Crippen molar-refractivity contribution in [3.05, 3.63) is 35.4 Å². The number of aryl methyl sites for hydroxylation is 1. The quantitative estimate of drug-likeness (QED) is 0.825. The zero-order valence-electron chi connectivity index (χ0n) is 11.2. The number of hydrogen-bond acceptors (Lipinski definition) is 1. The highest BCUT2D eigenvalue weighted by atomic mass is 14.7. The first kappa shape index (κ1) is 12.6. The summed E-state index contributed by atoms with van der Waals surface area (Å²) < 4.78 is 0. The lowest BCUT2D eigenvalue weighted by atomic mass is 9.77. The van der Waals surface area contributed by atoms with Crippen molar-refractivity contribution in [3.8, 4) is 0 Å². The van der Waals surface area contributed by atoms with Crippen molar-refractivity contribution in [1.82, 2.24) is 0 Å². The third-order valence-electron chi connectivity index (χ3n) is 4.37. The van der Waals surface area contributed by atoms with Crippen molar-refractivity contribution in [2.24, 2.45) is 11.1 Å². The van der Waals surface area contributed by atoms with Gasteiger partial charge in [0.1, 0.15) is 0 Å². The zero-order chi connectivity index (χ0) is 12.3. The van der Waals surface area contributed by atoms with E-state index in [9.17, 15) is 0 Å². The van der Waals surface area contributed by atoms with E-state index in [0.717, 1.165) is 0 Å². The Hall–Kier alpha value is -0.820. The molecule has 1 nitrogen and oxygen atoms in total. The Balaban J connectivity index is 2.11. The molecule has 1 unspecified atom stereocenters. The van der Waals surface area contributed by atoms with Crippen LogP contribution in [0.25, 0.3) is 0 Å². The minimum absolute atomic E-state index is 0.209. The van der Waals surface area contributed by atoms with Crippen LogP contribution in [0, 0.1) is 5.41 Å². The van der Waals surface area contributed by atoms with Gasteiger partial charge in [0.15, 0.2) is 0 Å². The number of nitrogens with two attached hydrogens (primary N) is 1. The van der Waals surface area contributed by atoms with Gasteiger partial charge in [-0.3, -0.25) is 0 Å². The van der Waals surface area contributed by atoms with E-state index in [2.05, 4.69) is 38.1 Å². The van der Waals surface area contributed by atoms with Crippen LogP contribution in [0.3, 0.4) is 0 Å². The second kappa shape index (κ2) is 5.22. The van der Waals surface area contributed by atoms with Gasteiger partial charge in [-0.15, -0.1) is 0 Å². The summed E-state index contributed by atoms with van der Waals surface area (Å²) >= 11 is 0. The first-order chi connectivity index (χ1) is 8.15. The van der Waals surface area contributed by atoms with E-state index in [1.54, 1.807) is 0 Å². The third kappa shape index (κ3) is 2.71. The maximum atomic E-state index is 6.46.